The molecule has 1 unspecified atom stereocenters. The first kappa shape index (κ1) is 12.8. The lowest BCUT2D eigenvalue weighted by Crippen LogP contribution is -2.41. The van der Waals surface area contributed by atoms with Crippen molar-refractivity contribution in [3.63, 3.8) is 0 Å². The maximum atomic E-state index is 6.38. The van der Waals surface area contributed by atoms with E-state index in [2.05, 4.69) is 20.8 Å². The summed E-state index contributed by atoms with van der Waals surface area (Å²) >= 11 is 11.9. The lowest BCUT2D eigenvalue weighted by molar-refractivity contribution is 0.306. The molecule has 84 valence electrons. The molecule has 1 aromatic carbocycles. The van der Waals surface area contributed by atoms with Crippen molar-refractivity contribution in [3.8, 4) is 0 Å². The predicted molar refractivity (Wildman–Crippen MR) is 67.5 cm³/mol. The lowest BCUT2D eigenvalue weighted by atomic mass is 9.79. The fourth-order valence-electron chi connectivity index (χ4n) is 1.73. The number of benzene rings is 1. The fourth-order valence-corrected chi connectivity index (χ4v) is 2.03. The van der Waals surface area contributed by atoms with Crippen molar-refractivity contribution in [3.05, 3.63) is 33.8 Å². The Balaban J connectivity index is 3.19. The van der Waals surface area contributed by atoms with E-state index in [-0.39, 0.29) is 5.54 Å². The van der Waals surface area contributed by atoms with Gasteiger partial charge in [0.1, 0.15) is 0 Å². The zero-order chi connectivity index (χ0) is 11.6. The molecule has 0 spiro atoms. The zero-order valence-electron chi connectivity index (χ0n) is 9.35. The van der Waals surface area contributed by atoms with Gasteiger partial charge < -0.3 is 5.73 Å². The van der Waals surface area contributed by atoms with E-state index < -0.39 is 0 Å². The highest BCUT2D eigenvalue weighted by atomic mass is 35.5. The van der Waals surface area contributed by atoms with Crippen molar-refractivity contribution in [2.45, 2.75) is 32.7 Å². The molecule has 1 nitrogen and oxygen atoms in total. The van der Waals surface area contributed by atoms with Gasteiger partial charge in [-0.1, -0.05) is 50.0 Å². The van der Waals surface area contributed by atoms with Crippen molar-refractivity contribution in [1.29, 1.82) is 0 Å². The normalized spacial score (nSPS) is 15.4. The molecule has 0 aromatic heterocycles. The van der Waals surface area contributed by atoms with E-state index in [1.54, 1.807) is 6.07 Å². The Labute approximate surface area is 102 Å². The van der Waals surface area contributed by atoms with E-state index in [0.717, 1.165) is 12.0 Å². The second-order valence-electron chi connectivity index (χ2n) is 4.18. The first-order valence-corrected chi connectivity index (χ1v) is 5.91. The summed E-state index contributed by atoms with van der Waals surface area (Å²) < 4.78 is 0. The maximum absolute atomic E-state index is 6.38. The summed E-state index contributed by atoms with van der Waals surface area (Å²) in [6.07, 6.45) is 0.878. The first-order chi connectivity index (χ1) is 6.91. The van der Waals surface area contributed by atoms with Gasteiger partial charge in [-0.15, -0.1) is 0 Å². The third-order valence-electron chi connectivity index (χ3n) is 3.07. The van der Waals surface area contributed by atoms with Crippen molar-refractivity contribution in [2.24, 2.45) is 11.7 Å². The highest BCUT2D eigenvalue weighted by molar-refractivity contribution is 6.42. The van der Waals surface area contributed by atoms with Crippen LogP contribution in [0.2, 0.25) is 10.0 Å². The van der Waals surface area contributed by atoms with Gasteiger partial charge in [0.05, 0.1) is 10.0 Å². The van der Waals surface area contributed by atoms with Crippen molar-refractivity contribution >= 4 is 23.2 Å². The van der Waals surface area contributed by atoms with Crippen molar-refractivity contribution in [2.75, 3.05) is 0 Å². The van der Waals surface area contributed by atoms with Crippen LogP contribution in [0.5, 0.6) is 0 Å². The quantitative estimate of drug-likeness (QED) is 0.849. The average Bonchev–Trinajstić information content (AvgIpc) is 2.20. The molecule has 0 saturated carbocycles. The molecule has 0 radical (unpaired) electrons. The van der Waals surface area contributed by atoms with E-state index >= 15 is 0 Å². The van der Waals surface area contributed by atoms with Crippen LogP contribution in [-0.2, 0) is 5.54 Å². The number of halogens is 2. The van der Waals surface area contributed by atoms with E-state index in [0.29, 0.717) is 16.0 Å². The van der Waals surface area contributed by atoms with Gasteiger partial charge >= 0.3 is 0 Å². The van der Waals surface area contributed by atoms with Gasteiger partial charge in [0.15, 0.2) is 0 Å². The van der Waals surface area contributed by atoms with Gasteiger partial charge in [0.2, 0.25) is 0 Å². The van der Waals surface area contributed by atoms with Crippen LogP contribution in [0.25, 0.3) is 0 Å². The number of hydrogen-bond donors (Lipinski definition) is 1. The molecule has 1 aromatic rings. The Bertz CT molecular complexity index is 349. The second-order valence-corrected chi connectivity index (χ2v) is 4.99. The molecule has 0 aliphatic carbocycles. The molecule has 1 atom stereocenters. The van der Waals surface area contributed by atoms with E-state index in [4.69, 9.17) is 28.9 Å². The van der Waals surface area contributed by atoms with Gasteiger partial charge in [-0.05, 0) is 30.0 Å². The molecule has 0 fully saturated rings. The molecule has 0 aliphatic heterocycles. The van der Waals surface area contributed by atoms with Crippen LogP contribution in [0, 0.1) is 5.92 Å². The highest BCUT2D eigenvalue weighted by Gasteiger charge is 2.29. The first-order valence-electron chi connectivity index (χ1n) is 5.16. The predicted octanol–water partition coefficient (Wildman–Crippen LogP) is 4.21. The molecule has 0 saturated heterocycles. The summed E-state index contributed by atoms with van der Waals surface area (Å²) in [5.74, 6) is 0.361. The van der Waals surface area contributed by atoms with Crippen LogP contribution < -0.4 is 5.73 Å². The van der Waals surface area contributed by atoms with Crippen LogP contribution in [0.4, 0.5) is 0 Å². The minimum Gasteiger partial charge on any atom is -0.321 e. The third-order valence-corrected chi connectivity index (χ3v) is 3.81. The summed E-state index contributed by atoms with van der Waals surface area (Å²) in [5.41, 5.74) is 7.10. The van der Waals surface area contributed by atoms with Crippen LogP contribution >= 0.6 is 23.2 Å². The van der Waals surface area contributed by atoms with Crippen LogP contribution in [0.1, 0.15) is 32.8 Å². The Kier molecular flexibility index (Phi) is 4.05. The fraction of sp³-hybridized carbons (Fsp3) is 0.500. The van der Waals surface area contributed by atoms with E-state index in [1.807, 2.05) is 12.1 Å². The number of nitrogens with two attached hydrogens (primary N) is 1. The van der Waals surface area contributed by atoms with Gasteiger partial charge in [-0.2, -0.15) is 0 Å². The van der Waals surface area contributed by atoms with Crippen molar-refractivity contribution in [1.82, 2.24) is 0 Å². The molecule has 0 bridgehead atoms. The smallest absolute Gasteiger partial charge is 0.0595 e. The summed E-state index contributed by atoms with van der Waals surface area (Å²) in [6, 6.07) is 5.63. The summed E-state index contributed by atoms with van der Waals surface area (Å²) in [4.78, 5) is 0. The monoisotopic (exact) mass is 245 g/mol. The van der Waals surface area contributed by atoms with Gasteiger partial charge in [0.25, 0.3) is 0 Å². The molecule has 3 heteroatoms. The molecule has 0 aliphatic rings. The standard InChI is InChI=1S/C12H17Cl2N/c1-4-12(15,8(2)3)9-5-6-10(13)11(14)7-9/h5-8H,4,15H2,1-3H3. The third kappa shape index (κ3) is 2.47. The molecular formula is C12H17Cl2N. The lowest BCUT2D eigenvalue weighted by Gasteiger charge is -2.33. The largest absolute Gasteiger partial charge is 0.321 e. The topological polar surface area (TPSA) is 26.0 Å². The van der Waals surface area contributed by atoms with Crippen LogP contribution in [0.15, 0.2) is 18.2 Å². The summed E-state index contributed by atoms with van der Waals surface area (Å²) in [5, 5.41) is 1.14. The Morgan fingerprint density at radius 3 is 2.27 bits per heavy atom. The minimum atomic E-state index is -0.325. The van der Waals surface area contributed by atoms with Gasteiger partial charge in [-0.25, -0.2) is 0 Å². The molecule has 0 heterocycles. The number of hydrogen-bond acceptors (Lipinski definition) is 1. The van der Waals surface area contributed by atoms with Gasteiger partial charge in [-0.3, -0.25) is 0 Å². The summed E-state index contributed by atoms with van der Waals surface area (Å²) in [6.45, 7) is 6.32. The minimum absolute atomic E-state index is 0.325. The van der Waals surface area contributed by atoms with E-state index in [9.17, 15) is 0 Å². The van der Waals surface area contributed by atoms with Gasteiger partial charge in [0, 0.05) is 5.54 Å². The SMILES string of the molecule is CCC(N)(c1ccc(Cl)c(Cl)c1)C(C)C. The molecule has 1 rings (SSSR count). The zero-order valence-corrected chi connectivity index (χ0v) is 10.9. The number of rotatable bonds is 3. The van der Waals surface area contributed by atoms with Crippen LogP contribution in [-0.4, -0.2) is 0 Å². The molecule has 0 amide bonds. The Hall–Kier alpha value is -0.240. The molecule has 2 N–H and O–H groups in total. The van der Waals surface area contributed by atoms with Crippen LogP contribution in [0.3, 0.4) is 0 Å². The Morgan fingerprint density at radius 2 is 1.87 bits per heavy atom. The molecule has 15 heavy (non-hydrogen) atoms. The van der Waals surface area contributed by atoms with E-state index in [1.165, 1.54) is 0 Å². The second kappa shape index (κ2) is 4.73. The van der Waals surface area contributed by atoms with Crippen molar-refractivity contribution < 1.29 is 0 Å². The highest BCUT2D eigenvalue weighted by Crippen LogP contribution is 2.33. The summed E-state index contributed by atoms with van der Waals surface area (Å²) in [7, 11) is 0. The Morgan fingerprint density at radius 1 is 1.27 bits per heavy atom. The average molecular weight is 246 g/mol. The molecular weight excluding hydrogens is 229 g/mol. The maximum Gasteiger partial charge on any atom is 0.0595 e.